The molecule has 0 atom stereocenters. The molecule has 0 fully saturated rings. The molecule has 1 aromatic heterocycles. The van der Waals surface area contributed by atoms with Crippen molar-refractivity contribution in [2.24, 2.45) is 5.73 Å². The van der Waals surface area contributed by atoms with Gasteiger partial charge >= 0.3 is 6.18 Å². The molecule has 0 aliphatic rings. The number of primary amides is 1. The molecule has 8 heteroatoms. The molecule has 1 heterocycles. The fourth-order valence-electron chi connectivity index (χ4n) is 2.17. The Morgan fingerprint density at radius 3 is 2.62 bits per heavy atom. The zero-order valence-electron chi connectivity index (χ0n) is 13.1. The van der Waals surface area contributed by atoms with E-state index in [1.165, 1.54) is 23.9 Å². The largest absolute Gasteiger partial charge is 0.496 e. The summed E-state index contributed by atoms with van der Waals surface area (Å²) in [7, 11) is 1.47. The van der Waals surface area contributed by atoms with Crippen LogP contribution in [-0.2, 0) is 17.5 Å². The summed E-state index contributed by atoms with van der Waals surface area (Å²) >= 11 is 0. The van der Waals surface area contributed by atoms with Crippen LogP contribution in [0.1, 0.15) is 22.5 Å². The van der Waals surface area contributed by atoms with Crippen LogP contribution in [0.15, 0.2) is 30.3 Å². The number of aromatic nitrogens is 2. The maximum Gasteiger partial charge on any atom is 0.435 e. The number of methoxy groups -OCH3 is 1. The zero-order chi connectivity index (χ0) is 17.9. The average molecular weight is 339 g/mol. The number of alkyl halides is 3. The van der Waals surface area contributed by atoms with Gasteiger partial charge in [0, 0.05) is 17.3 Å². The van der Waals surface area contributed by atoms with Gasteiger partial charge in [0.15, 0.2) is 5.69 Å². The molecule has 1 aromatic carbocycles. The van der Waals surface area contributed by atoms with Gasteiger partial charge in [0.1, 0.15) is 5.75 Å². The van der Waals surface area contributed by atoms with Crippen LogP contribution in [0.2, 0.25) is 0 Å². The van der Waals surface area contributed by atoms with Crippen LogP contribution in [0.4, 0.5) is 13.2 Å². The molecule has 0 spiro atoms. The third-order valence-electron chi connectivity index (χ3n) is 3.34. The molecule has 0 saturated carbocycles. The molecule has 0 saturated heterocycles. The quantitative estimate of drug-likeness (QED) is 0.852. The number of carbonyl (C=O) groups excluding carboxylic acids is 1. The van der Waals surface area contributed by atoms with Crippen LogP contribution in [0.5, 0.6) is 5.75 Å². The van der Waals surface area contributed by atoms with E-state index in [1.54, 1.807) is 25.1 Å². The molecule has 24 heavy (non-hydrogen) atoms. The third-order valence-corrected chi connectivity index (χ3v) is 3.34. The molecule has 0 bridgehead atoms. The van der Waals surface area contributed by atoms with Crippen molar-refractivity contribution < 1.29 is 22.7 Å². The lowest BCUT2D eigenvalue weighted by molar-refractivity contribution is -0.141. The monoisotopic (exact) mass is 339 g/mol. The molecule has 1 amide bonds. The van der Waals surface area contributed by atoms with Gasteiger partial charge in [-0.3, -0.25) is 9.48 Å². The van der Waals surface area contributed by atoms with E-state index in [0.717, 1.165) is 6.07 Å². The number of benzene rings is 1. The van der Waals surface area contributed by atoms with Crippen molar-refractivity contribution in [3.05, 3.63) is 52.9 Å². The highest BCUT2D eigenvalue weighted by Crippen LogP contribution is 2.29. The van der Waals surface area contributed by atoms with Crippen LogP contribution >= 0.6 is 0 Å². The van der Waals surface area contributed by atoms with E-state index in [2.05, 4.69) is 5.10 Å². The van der Waals surface area contributed by atoms with Gasteiger partial charge in [-0.25, -0.2) is 0 Å². The lowest BCUT2D eigenvalue weighted by Crippen LogP contribution is -2.10. The van der Waals surface area contributed by atoms with E-state index < -0.39 is 17.8 Å². The first-order valence-corrected chi connectivity index (χ1v) is 6.97. The summed E-state index contributed by atoms with van der Waals surface area (Å²) in [5, 5.41) is 3.60. The number of aryl methyl sites for hydroxylation is 1. The first-order valence-electron chi connectivity index (χ1n) is 6.97. The minimum atomic E-state index is -4.49. The Kier molecular flexibility index (Phi) is 4.96. The number of nitrogens with zero attached hydrogens (tertiary/aromatic N) is 2. The van der Waals surface area contributed by atoms with E-state index in [9.17, 15) is 18.0 Å². The number of nitrogens with two attached hydrogens (primary N) is 1. The summed E-state index contributed by atoms with van der Waals surface area (Å²) < 4.78 is 44.7. The maximum absolute atomic E-state index is 12.8. The van der Waals surface area contributed by atoms with Gasteiger partial charge in [0.05, 0.1) is 13.7 Å². The molecule has 2 rings (SSSR count). The molecular formula is C16H16F3N3O2. The second kappa shape index (κ2) is 6.77. The number of carbonyl (C=O) groups is 1. The Morgan fingerprint density at radius 1 is 1.38 bits per heavy atom. The van der Waals surface area contributed by atoms with Gasteiger partial charge in [0.25, 0.3) is 0 Å². The van der Waals surface area contributed by atoms with Crippen LogP contribution in [0, 0.1) is 6.92 Å². The summed E-state index contributed by atoms with van der Waals surface area (Å²) in [5.41, 5.74) is 5.79. The molecular weight excluding hydrogens is 323 g/mol. The molecule has 2 N–H and O–H groups in total. The van der Waals surface area contributed by atoms with Crippen LogP contribution in [0.25, 0.3) is 6.08 Å². The highest BCUT2D eigenvalue weighted by molar-refractivity contribution is 5.90. The van der Waals surface area contributed by atoms with Crippen molar-refractivity contribution in [1.29, 1.82) is 0 Å². The first-order chi connectivity index (χ1) is 11.2. The number of amides is 1. The van der Waals surface area contributed by atoms with Crippen molar-refractivity contribution in [2.75, 3.05) is 7.11 Å². The smallest absolute Gasteiger partial charge is 0.435 e. The molecule has 0 aliphatic heterocycles. The van der Waals surface area contributed by atoms with E-state index in [0.29, 0.717) is 22.6 Å². The highest BCUT2D eigenvalue weighted by Gasteiger charge is 2.34. The third kappa shape index (κ3) is 4.15. The Labute approximate surface area is 136 Å². The minimum absolute atomic E-state index is 0.101. The normalized spacial score (nSPS) is 11.9. The minimum Gasteiger partial charge on any atom is -0.496 e. The summed E-state index contributed by atoms with van der Waals surface area (Å²) in [6, 6.07) is 6.06. The molecule has 128 valence electrons. The lowest BCUT2D eigenvalue weighted by atomic mass is 10.1. The predicted octanol–water partition coefficient (Wildman–Crippen LogP) is 2.77. The Bertz CT molecular complexity index is 779. The summed E-state index contributed by atoms with van der Waals surface area (Å²) in [5.74, 6) is -0.0835. The van der Waals surface area contributed by atoms with Gasteiger partial charge in [-0.2, -0.15) is 18.3 Å². The molecule has 5 nitrogen and oxygen atoms in total. The van der Waals surface area contributed by atoms with Crippen LogP contribution < -0.4 is 10.5 Å². The van der Waals surface area contributed by atoms with E-state index in [4.69, 9.17) is 10.5 Å². The van der Waals surface area contributed by atoms with E-state index in [1.807, 2.05) is 0 Å². The fraction of sp³-hybridized carbons (Fsp3) is 0.250. The van der Waals surface area contributed by atoms with Gasteiger partial charge in [-0.1, -0.05) is 6.07 Å². The van der Waals surface area contributed by atoms with Crippen molar-refractivity contribution in [3.8, 4) is 5.75 Å². The molecule has 2 aromatic rings. The predicted molar refractivity (Wildman–Crippen MR) is 82.3 cm³/mol. The van der Waals surface area contributed by atoms with Gasteiger partial charge in [-0.05, 0) is 36.8 Å². The van der Waals surface area contributed by atoms with Crippen molar-refractivity contribution in [3.63, 3.8) is 0 Å². The van der Waals surface area contributed by atoms with Crippen LogP contribution in [0.3, 0.4) is 0 Å². The maximum atomic E-state index is 12.8. The summed E-state index contributed by atoms with van der Waals surface area (Å²) in [6.45, 7) is 1.65. The number of hydrogen-bond donors (Lipinski definition) is 1. The molecule has 0 radical (unpaired) electrons. The van der Waals surface area contributed by atoms with Gasteiger partial charge in [-0.15, -0.1) is 0 Å². The highest BCUT2D eigenvalue weighted by atomic mass is 19.4. The van der Waals surface area contributed by atoms with Crippen molar-refractivity contribution >= 4 is 12.0 Å². The van der Waals surface area contributed by atoms with E-state index >= 15 is 0 Å². The Hall–Kier alpha value is -2.77. The lowest BCUT2D eigenvalue weighted by Gasteiger charge is -2.11. The second-order valence-corrected chi connectivity index (χ2v) is 5.13. The Morgan fingerprint density at radius 2 is 2.08 bits per heavy atom. The number of hydrogen-bond acceptors (Lipinski definition) is 3. The second-order valence-electron chi connectivity index (χ2n) is 5.13. The summed E-state index contributed by atoms with van der Waals surface area (Å²) in [6.07, 6.45) is -1.78. The standard InChI is InChI=1S/C16H16F3N3O2/c1-10-7-14(16(17,18)19)21-22(10)9-12-8-11(4-6-15(20)23)3-5-13(12)24-2/h3-8H,9H2,1-2H3,(H2,20,23)/b6-4-. The summed E-state index contributed by atoms with van der Waals surface area (Å²) in [4.78, 5) is 10.8. The Balaban J connectivity index is 2.36. The topological polar surface area (TPSA) is 70.1 Å². The number of halogens is 3. The average Bonchev–Trinajstić information content (AvgIpc) is 2.86. The molecule has 0 aliphatic carbocycles. The van der Waals surface area contributed by atoms with Crippen molar-refractivity contribution in [2.45, 2.75) is 19.6 Å². The van der Waals surface area contributed by atoms with Crippen molar-refractivity contribution in [1.82, 2.24) is 9.78 Å². The zero-order valence-corrected chi connectivity index (χ0v) is 13.1. The first kappa shape index (κ1) is 17.6. The fourth-order valence-corrected chi connectivity index (χ4v) is 2.17. The molecule has 0 unspecified atom stereocenters. The van der Waals surface area contributed by atoms with Crippen LogP contribution in [-0.4, -0.2) is 22.8 Å². The van der Waals surface area contributed by atoms with Gasteiger partial charge < -0.3 is 10.5 Å². The number of ether oxygens (including phenoxy) is 1. The van der Waals surface area contributed by atoms with E-state index in [-0.39, 0.29) is 6.54 Å². The van der Waals surface area contributed by atoms with Gasteiger partial charge in [0.2, 0.25) is 5.91 Å². The number of rotatable bonds is 5. The SMILES string of the molecule is COc1ccc(/C=C\C(N)=O)cc1Cn1nc(C(F)(F)F)cc1C.